The molecule has 0 rings (SSSR count). The van der Waals surface area contributed by atoms with Crippen molar-refractivity contribution in [2.24, 2.45) is 0 Å². The van der Waals surface area contributed by atoms with Gasteiger partial charge in [-0.15, -0.1) is 26.3 Å². The van der Waals surface area contributed by atoms with Gasteiger partial charge in [0.05, 0.1) is 18.3 Å². The smallest absolute Gasteiger partial charge is 0.0979 e. The van der Waals surface area contributed by atoms with Crippen LogP contribution in [-0.4, -0.2) is 23.4 Å². The van der Waals surface area contributed by atoms with Gasteiger partial charge in [-0.1, -0.05) is 24.3 Å². The molecular weight excluding hydrogens is 200 g/mol. The highest BCUT2D eigenvalue weighted by atomic mass is 16.5. The third-order valence-electron chi connectivity index (χ3n) is 2.39. The molecule has 0 radical (unpaired) electrons. The molecule has 16 heavy (non-hydrogen) atoms. The summed E-state index contributed by atoms with van der Waals surface area (Å²) in [5.74, 6) is 0. The molecule has 0 spiro atoms. The maximum Gasteiger partial charge on any atom is 0.0979 e. The van der Waals surface area contributed by atoms with Crippen LogP contribution < -0.4 is 0 Å². The Bertz CT molecular complexity index is 233. The maximum absolute atomic E-state index is 10.5. The van der Waals surface area contributed by atoms with E-state index < -0.39 is 5.60 Å². The number of rotatable bonds is 10. The van der Waals surface area contributed by atoms with E-state index in [4.69, 9.17) is 4.74 Å². The van der Waals surface area contributed by atoms with Crippen molar-refractivity contribution in [3.8, 4) is 0 Å². The summed E-state index contributed by atoms with van der Waals surface area (Å²) in [5, 5.41) is 10.5. The monoisotopic (exact) mass is 222 g/mol. The van der Waals surface area contributed by atoms with Crippen LogP contribution in [0.5, 0.6) is 0 Å². The van der Waals surface area contributed by atoms with E-state index in [2.05, 4.69) is 26.3 Å². The molecule has 0 heterocycles. The van der Waals surface area contributed by atoms with Gasteiger partial charge in [-0.3, -0.25) is 0 Å². The molecule has 0 bridgehead atoms. The first-order valence-electron chi connectivity index (χ1n) is 5.42. The van der Waals surface area contributed by atoms with Crippen LogP contribution >= 0.6 is 0 Å². The SMILES string of the molecule is C=CCO[C@H](CC=C)C(O)(CC=C)CC=C. The summed E-state index contributed by atoms with van der Waals surface area (Å²) < 4.78 is 5.57. The number of ether oxygens (including phenoxy) is 1. The minimum atomic E-state index is -0.958. The van der Waals surface area contributed by atoms with E-state index in [1.807, 2.05) is 0 Å². The Morgan fingerprint density at radius 1 is 1.00 bits per heavy atom. The fourth-order valence-corrected chi connectivity index (χ4v) is 1.62. The van der Waals surface area contributed by atoms with Crippen LogP contribution in [-0.2, 0) is 4.74 Å². The average Bonchev–Trinajstić information content (AvgIpc) is 2.24. The lowest BCUT2D eigenvalue weighted by molar-refractivity contribution is -0.0972. The molecule has 0 aromatic heterocycles. The first-order chi connectivity index (χ1) is 7.64. The molecule has 0 saturated heterocycles. The number of hydrogen-bond donors (Lipinski definition) is 1. The highest BCUT2D eigenvalue weighted by Gasteiger charge is 2.34. The van der Waals surface area contributed by atoms with Gasteiger partial charge in [0.2, 0.25) is 0 Å². The molecule has 0 aliphatic rings. The van der Waals surface area contributed by atoms with Gasteiger partial charge in [-0.25, -0.2) is 0 Å². The van der Waals surface area contributed by atoms with Crippen molar-refractivity contribution in [2.45, 2.75) is 31.0 Å². The Labute approximate surface area is 98.6 Å². The zero-order valence-electron chi connectivity index (χ0n) is 9.90. The van der Waals surface area contributed by atoms with E-state index in [9.17, 15) is 5.11 Å². The highest BCUT2D eigenvalue weighted by molar-refractivity contribution is 4.99. The second-order valence-corrected chi connectivity index (χ2v) is 3.72. The van der Waals surface area contributed by atoms with Gasteiger partial charge in [0, 0.05) is 0 Å². The maximum atomic E-state index is 10.5. The predicted octanol–water partition coefficient (Wildman–Crippen LogP) is 3.02. The van der Waals surface area contributed by atoms with Crippen LogP contribution in [0.1, 0.15) is 19.3 Å². The van der Waals surface area contributed by atoms with Crippen LogP contribution in [0.4, 0.5) is 0 Å². The quantitative estimate of drug-likeness (QED) is 0.576. The van der Waals surface area contributed by atoms with Gasteiger partial charge in [0.15, 0.2) is 0 Å². The van der Waals surface area contributed by atoms with Gasteiger partial charge in [0.1, 0.15) is 0 Å². The third kappa shape index (κ3) is 4.60. The standard InChI is InChI=1S/C14H22O2/c1-5-9-13(16-12-8-4)14(15,10-6-2)11-7-3/h5-8,13,15H,1-4,9-12H2/t13-/m1/s1. The molecule has 1 N–H and O–H groups in total. The van der Waals surface area contributed by atoms with Gasteiger partial charge in [0.25, 0.3) is 0 Å². The van der Waals surface area contributed by atoms with Crippen LogP contribution in [0.2, 0.25) is 0 Å². The Balaban J connectivity index is 4.73. The molecule has 0 unspecified atom stereocenters. The van der Waals surface area contributed by atoms with Crippen molar-refractivity contribution in [1.82, 2.24) is 0 Å². The zero-order chi connectivity index (χ0) is 12.4. The fraction of sp³-hybridized carbons (Fsp3) is 0.429. The molecular formula is C14H22O2. The third-order valence-corrected chi connectivity index (χ3v) is 2.39. The zero-order valence-corrected chi connectivity index (χ0v) is 9.90. The summed E-state index contributed by atoms with van der Waals surface area (Å²) in [6, 6.07) is 0. The fourth-order valence-electron chi connectivity index (χ4n) is 1.62. The molecule has 0 aromatic rings. The van der Waals surface area contributed by atoms with E-state index >= 15 is 0 Å². The molecule has 0 aliphatic heterocycles. The lowest BCUT2D eigenvalue weighted by Gasteiger charge is -2.34. The first kappa shape index (κ1) is 14.9. The van der Waals surface area contributed by atoms with E-state index in [-0.39, 0.29) is 6.10 Å². The van der Waals surface area contributed by atoms with Crippen molar-refractivity contribution in [3.63, 3.8) is 0 Å². The molecule has 0 aromatic carbocycles. The second kappa shape index (κ2) is 8.08. The topological polar surface area (TPSA) is 29.5 Å². The molecule has 1 atom stereocenters. The van der Waals surface area contributed by atoms with Gasteiger partial charge in [-0.2, -0.15) is 0 Å². The normalized spacial score (nSPS) is 12.8. The Kier molecular flexibility index (Phi) is 7.52. The summed E-state index contributed by atoms with van der Waals surface area (Å²) in [6.07, 6.45) is 8.01. The molecule has 0 aliphatic carbocycles. The largest absolute Gasteiger partial charge is 0.387 e. The van der Waals surface area contributed by atoms with Gasteiger partial charge >= 0.3 is 0 Å². The minimum Gasteiger partial charge on any atom is -0.387 e. The average molecular weight is 222 g/mol. The van der Waals surface area contributed by atoms with E-state index in [0.717, 1.165) is 0 Å². The van der Waals surface area contributed by atoms with Crippen molar-refractivity contribution >= 4 is 0 Å². The van der Waals surface area contributed by atoms with Crippen LogP contribution in [0.3, 0.4) is 0 Å². The van der Waals surface area contributed by atoms with Crippen LogP contribution in [0.25, 0.3) is 0 Å². The van der Waals surface area contributed by atoms with Crippen molar-refractivity contribution in [1.29, 1.82) is 0 Å². The Morgan fingerprint density at radius 3 is 1.94 bits per heavy atom. The van der Waals surface area contributed by atoms with Crippen molar-refractivity contribution < 1.29 is 9.84 Å². The van der Waals surface area contributed by atoms with Gasteiger partial charge < -0.3 is 9.84 Å². The summed E-state index contributed by atoms with van der Waals surface area (Å²) in [5.41, 5.74) is -0.958. The highest BCUT2D eigenvalue weighted by Crippen LogP contribution is 2.26. The number of hydrogen-bond acceptors (Lipinski definition) is 2. The Morgan fingerprint density at radius 2 is 1.56 bits per heavy atom. The van der Waals surface area contributed by atoms with Crippen molar-refractivity contribution in [2.75, 3.05) is 6.61 Å². The van der Waals surface area contributed by atoms with E-state index in [1.165, 1.54) is 0 Å². The lowest BCUT2D eigenvalue weighted by atomic mass is 9.87. The molecule has 0 amide bonds. The predicted molar refractivity (Wildman–Crippen MR) is 69.3 cm³/mol. The Hall–Kier alpha value is -1.12. The van der Waals surface area contributed by atoms with E-state index in [1.54, 1.807) is 24.3 Å². The second-order valence-electron chi connectivity index (χ2n) is 3.72. The molecule has 2 nitrogen and oxygen atoms in total. The lowest BCUT2D eigenvalue weighted by Crippen LogP contribution is -2.43. The summed E-state index contributed by atoms with van der Waals surface area (Å²) in [7, 11) is 0. The molecule has 0 fully saturated rings. The van der Waals surface area contributed by atoms with E-state index in [0.29, 0.717) is 25.9 Å². The molecule has 90 valence electrons. The number of aliphatic hydroxyl groups is 1. The molecule has 2 heteroatoms. The summed E-state index contributed by atoms with van der Waals surface area (Å²) in [4.78, 5) is 0. The summed E-state index contributed by atoms with van der Waals surface area (Å²) in [6.45, 7) is 15.0. The van der Waals surface area contributed by atoms with Crippen LogP contribution in [0.15, 0.2) is 50.6 Å². The van der Waals surface area contributed by atoms with Gasteiger partial charge in [-0.05, 0) is 19.3 Å². The first-order valence-corrected chi connectivity index (χ1v) is 5.42. The van der Waals surface area contributed by atoms with Crippen LogP contribution in [0, 0.1) is 0 Å². The van der Waals surface area contributed by atoms with Crippen molar-refractivity contribution in [3.05, 3.63) is 50.6 Å². The summed E-state index contributed by atoms with van der Waals surface area (Å²) >= 11 is 0. The minimum absolute atomic E-state index is 0.306. The molecule has 0 saturated carbocycles.